The van der Waals surface area contributed by atoms with Gasteiger partial charge in [0.15, 0.2) is 0 Å². The molecular formula is C21H33N5O. The van der Waals surface area contributed by atoms with Crippen molar-refractivity contribution in [3.63, 3.8) is 0 Å². The first-order valence-corrected chi connectivity index (χ1v) is 10.6. The maximum atomic E-state index is 13.1. The van der Waals surface area contributed by atoms with E-state index in [0.29, 0.717) is 11.6 Å². The highest BCUT2D eigenvalue weighted by Gasteiger charge is 2.43. The van der Waals surface area contributed by atoms with Gasteiger partial charge >= 0.3 is 0 Å². The Morgan fingerprint density at radius 2 is 2.07 bits per heavy atom. The highest BCUT2D eigenvalue weighted by atomic mass is 16.2. The van der Waals surface area contributed by atoms with Gasteiger partial charge in [-0.3, -0.25) is 4.79 Å². The zero-order valence-electron chi connectivity index (χ0n) is 16.8. The minimum Gasteiger partial charge on any atom is -0.368 e. The Kier molecular flexibility index (Phi) is 5.10. The molecule has 4 rings (SSSR count). The van der Waals surface area contributed by atoms with Crippen LogP contribution in [-0.4, -0.2) is 58.4 Å². The molecule has 2 N–H and O–H groups in total. The van der Waals surface area contributed by atoms with Gasteiger partial charge in [-0.2, -0.15) is 0 Å². The largest absolute Gasteiger partial charge is 0.368 e. The van der Waals surface area contributed by atoms with Gasteiger partial charge in [-0.15, -0.1) is 0 Å². The lowest BCUT2D eigenvalue weighted by Gasteiger charge is -2.40. The molecule has 6 nitrogen and oxygen atoms in total. The molecular weight excluding hydrogens is 338 g/mol. The summed E-state index contributed by atoms with van der Waals surface area (Å²) in [7, 11) is 0. The van der Waals surface area contributed by atoms with Crippen molar-refractivity contribution in [2.45, 2.75) is 52.4 Å². The van der Waals surface area contributed by atoms with Crippen LogP contribution in [0.4, 0.5) is 5.95 Å². The Labute approximate surface area is 162 Å². The standard InChI is InChI=1S/C21H33N5O/c1-15(2)10-17-11-18(24-20(22)23-17)19(27)26-9-7-21(14-26)6-3-8-25(13-21)12-16-4-5-16/h11,15-16H,3-10,12-14H2,1-2H3,(H2,22,23,24)/t21-/m1/s1. The SMILES string of the molecule is CC(C)Cc1cc(C(=O)N2CC[C@@]3(CCCN(CC4CC4)C3)C2)nc(N)n1. The summed E-state index contributed by atoms with van der Waals surface area (Å²) in [6.45, 7) is 9.61. The molecule has 0 unspecified atom stereocenters. The monoisotopic (exact) mass is 371 g/mol. The summed E-state index contributed by atoms with van der Waals surface area (Å²) < 4.78 is 0. The van der Waals surface area contributed by atoms with Crippen molar-refractivity contribution in [1.29, 1.82) is 0 Å². The fraction of sp³-hybridized carbons (Fsp3) is 0.762. The summed E-state index contributed by atoms with van der Waals surface area (Å²) in [6.07, 6.45) is 7.23. The van der Waals surface area contributed by atoms with Crippen LogP contribution < -0.4 is 5.73 Å². The first-order chi connectivity index (χ1) is 12.9. The summed E-state index contributed by atoms with van der Waals surface area (Å²) in [5.41, 5.74) is 7.48. The van der Waals surface area contributed by atoms with Gasteiger partial charge in [0.25, 0.3) is 5.91 Å². The number of carbonyl (C=O) groups is 1. The van der Waals surface area contributed by atoms with Crippen LogP contribution in [0.15, 0.2) is 6.07 Å². The molecule has 1 amide bonds. The third-order valence-corrected chi connectivity index (χ3v) is 6.31. The van der Waals surface area contributed by atoms with E-state index in [4.69, 9.17) is 5.73 Å². The van der Waals surface area contributed by atoms with Crippen molar-refractivity contribution in [2.24, 2.45) is 17.3 Å². The van der Waals surface area contributed by atoms with Crippen LogP contribution in [0.1, 0.15) is 62.1 Å². The summed E-state index contributed by atoms with van der Waals surface area (Å²) >= 11 is 0. The maximum absolute atomic E-state index is 13.1. The number of carbonyl (C=O) groups excluding carboxylic acids is 1. The topological polar surface area (TPSA) is 75.4 Å². The third kappa shape index (κ3) is 4.42. The van der Waals surface area contributed by atoms with Crippen molar-refractivity contribution in [3.8, 4) is 0 Å². The van der Waals surface area contributed by atoms with Crippen molar-refractivity contribution in [2.75, 3.05) is 38.5 Å². The minimum absolute atomic E-state index is 0.0188. The summed E-state index contributed by atoms with van der Waals surface area (Å²) in [4.78, 5) is 26.3. The average molecular weight is 372 g/mol. The third-order valence-electron chi connectivity index (χ3n) is 6.31. The minimum atomic E-state index is 0.0188. The number of aromatic nitrogens is 2. The number of likely N-dealkylation sites (tertiary alicyclic amines) is 2. The number of anilines is 1. The van der Waals surface area contributed by atoms with Gasteiger partial charge in [-0.05, 0) is 63.0 Å². The van der Waals surface area contributed by atoms with E-state index in [1.54, 1.807) is 0 Å². The van der Waals surface area contributed by atoms with Gasteiger partial charge < -0.3 is 15.5 Å². The predicted molar refractivity (Wildman–Crippen MR) is 106 cm³/mol. The van der Waals surface area contributed by atoms with Crippen LogP contribution >= 0.6 is 0 Å². The van der Waals surface area contributed by atoms with Crippen LogP contribution in [0, 0.1) is 17.3 Å². The second-order valence-electron chi connectivity index (χ2n) is 9.46. The lowest BCUT2D eigenvalue weighted by atomic mass is 9.79. The van der Waals surface area contributed by atoms with Crippen LogP contribution in [0.3, 0.4) is 0 Å². The zero-order valence-corrected chi connectivity index (χ0v) is 16.8. The molecule has 3 fully saturated rings. The molecule has 2 saturated heterocycles. The van der Waals surface area contributed by atoms with E-state index in [0.717, 1.165) is 44.1 Å². The number of nitrogen functional groups attached to an aromatic ring is 1. The molecule has 1 aliphatic carbocycles. The predicted octanol–water partition coefficient (Wildman–Crippen LogP) is 2.60. The molecule has 1 spiro atoms. The Bertz CT molecular complexity index is 702. The number of hydrogen-bond acceptors (Lipinski definition) is 5. The summed E-state index contributed by atoms with van der Waals surface area (Å²) in [5.74, 6) is 1.63. The first-order valence-electron chi connectivity index (χ1n) is 10.6. The molecule has 1 aromatic heterocycles. The fourth-order valence-corrected chi connectivity index (χ4v) is 4.89. The van der Waals surface area contributed by atoms with Gasteiger partial charge in [-0.25, -0.2) is 9.97 Å². The first kappa shape index (κ1) is 18.7. The molecule has 0 bridgehead atoms. The van der Waals surface area contributed by atoms with E-state index < -0.39 is 0 Å². The number of rotatable bonds is 5. The smallest absolute Gasteiger partial charge is 0.272 e. The van der Waals surface area contributed by atoms with Crippen LogP contribution in [0.25, 0.3) is 0 Å². The number of nitrogens with two attached hydrogens (primary N) is 1. The van der Waals surface area contributed by atoms with Gasteiger partial charge in [0.2, 0.25) is 5.95 Å². The molecule has 3 aliphatic rings. The Balaban J connectivity index is 1.43. The fourth-order valence-electron chi connectivity index (χ4n) is 4.89. The molecule has 3 heterocycles. The molecule has 0 radical (unpaired) electrons. The second kappa shape index (κ2) is 7.38. The number of piperidine rings is 1. The molecule has 1 aromatic rings. The lowest BCUT2D eigenvalue weighted by Crippen LogP contribution is -2.46. The molecule has 148 valence electrons. The van der Waals surface area contributed by atoms with Crippen LogP contribution in [0.2, 0.25) is 0 Å². The molecule has 6 heteroatoms. The number of amides is 1. The molecule has 2 aliphatic heterocycles. The van der Waals surface area contributed by atoms with E-state index >= 15 is 0 Å². The van der Waals surface area contributed by atoms with Crippen LogP contribution in [-0.2, 0) is 6.42 Å². The average Bonchev–Trinajstić information content (AvgIpc) is 3.33. The van der Waals surface area contributed by atoms with Crippen molar-refractivity contribution >= 4 is 11.9 Å². The second-order valence-corrected chi connectivity index (χ2v) is 9.46. The lowest BCUT2D eigenvalue weighted by molar-refractivity contribution is 0.0676. The number of nitrogens with zero attached hydrogens (tertiary/aromatic N) is 4. The Morgan fingerprint density at radius 1 is 1.26 bits per heavy atom. The van der Waals surface area contributed by atoms with Gasteiger partial charge in [0, 0.05) is 37.3 Å². The quantitative estimate of drug-likeness (QED) is 0.861. The molecule has 1 atom stereocenters. The summed E-state index contributed by atoms with van der Waals surface area (Å²) in [6, 6.07) is 1.84. The van der Waals surface area contributed by atoms with Gasteiger partial charge in [0.05, 0.1) is 0 Å². The normalized spacial score (nSPS) is 26.3. The highest BCUT2D eigenvalue weighted by molar-refractivity contribution is 5.92. The van der Waals surface area contributed by atoms with Crippen molar-refractivity contribution in [1.82, 2.24) is 19.8 Å². The van der Waals surface area contributed by atoms with E-state index in [1.807, 2.05) is 11.0 Å². The Hall–Kier alpha value is -1.69. The van der Waals surface area contributed by atoms with Crippen molar-refractivity contribution in [3.05, 3.63) is 17.5 Å². The van der Waals surface area contributed by atoms with E-state index in [-0.39, 0.29) is 17.3 Å². The van der Waals surface area contributed by atoms with Gasteiger partial charge in [0.1, 0.15) is 5.69 Å². The van der Waals surface area contributed by atoms with Crippen LogP contribution in [0.5, 0.6) is 0 Å². The van der Waals surface area contributed by atoms with E-state index in [1.165, 1.54) is 38.8 Å². The number of hydrogen-bond donors (Lipinski definition) is 1. The van der Waals surface area contributed by atoms with Crippen molar-refractivity contribution < 1.29 is 4.79 Å². The molecule has 0 aromatic carbocycles. The maximum Gasteiger partial charge on any atom is 0.272 e. The summed E-state index contributed by atoms with van der Waals surface area (Å²) in [5, 5.41) is 0. The molecule has 27 heavy (non-hydrogen) atoms. The van der Waals surface area contributed by atoms with Gasteiger partial charge in [-0.1, -0.05) is 13.8 Å². The molecule has 1 saturated carbocycles. The van der Waals surface area contributed by atoms with E-state index in [2.05, 4.69) is 28.7 Å². The Morgan fingerprint density at radius 3 is 2.81 bits per heavy atom. The van der Waals surface area contributed by atoms with E-state index in [9.17, 15) is 4.79 Å². The zero-order chi connectivity index (χ0) is 19.0. The highest BCUT2D eigenvalue weighted by Crippen LogP contribution is 2.41.